The molecule has 31 heavy (non-hydrogen) atoms. The van der Waals surface area contributed by atoms with Gasteiger partial charge in [-0.15, -0.1) is 0 Å². The molecule has 2 aliphatic heterocycles. The molecule has 0 aromatic heterocycles. The fourth-order valence-corrected chi connectivity index (χ4v) is 4.65. The predicted octanol–water partition coefficient (Wildman–Crippen LogP) is 2.16. The molecule has 4 N–H and O–H groups in total. The van der Waals surface area contributed by atoms with Gasteiger partial charge in [0.2, 0.25) is 0 Å². The minimum absolute atomic E-state index is 0.129. The van der Waals surface area contributed by atoms with Gasteiger partial charge in [-0.3, -0.25) is 9.59 Å². The predicted molar refractivity (Wildman–Crippen MR) is 121 cm³/mol. The molecular formula is C23H26BrN3O4. The highest BCUT2D eigenvalue weighted by Crippen LogP contribution is 2.40. The summed E-state index contributed by atoms with van der Waals surface area (Å²) in [6.45, 7) is 2.67. The number of benzene rings is 2. The molecule has 2 aliphatic rings. The second kappa shape index (κ2) is 8.98. The van der Waals surface area contributed by atoms with E-state index in [1.807, 2.05) is 48.5 Å². The number of aliphatic hydroxyl groups is 2. The maximum absolute atomic E-state index is 12.8. The van der Waals surface area contributed by atoms with Crippen LogP contribution in [0.15, 0.2) is 53.0 Å². The summed E-state index contributed by atoms with van der Waals surface area (Å²) in [7, 11) is 0. The summed E-state index contributed by atoms with van der Waals surface area (Å²) in [6.07, 6.45) is -2.91. The van der Waals surface area contributed by atoms with Gasteiger partial charge in [-0.2, -0.15) is 0 Å². The van der Waals surface area contributed by atoms with Crippen LogP contribution in [0, 0.1) is 0 Å². The molecule has 0 spiro atoms. The van der Waals surface area contributed by atoms with Crippen molar-refractivity contribution in [2.75, 3.05) is 18.4 Å². The van der Waals surface area contributed by atoms with Gasteiger partial charge in [0, 0.05) is 35.2 Å². The molecule has 0 aliphatic carbocycles. The van der Waals surface area contributed by atoms with Gasteiger partial charge in [0.05, 0.1) is 6.04 Å². The fourth-order valence-electron chi connectivity index (χ4n) is 4.39. The number of amides is 2. The number of nitrogens with zero attached hydrogens (tertiary/aromatic N) is 1. The van der Waals surface area contributed by atoms with Crippen molar-refractivity contribution in [1.29, 1.82) is 0 Å². The lowest BCUT2D eigenvalue weighted by molar-refractivity contribution is -0.154. The number of anilines is 1. The molecule has 0 saturated carbocycles. The van der Waals surface area contributed by atoms with E-state index in [-0.39, 0.29) is 18.0 Å². The summed E-state index contributed by atoms with van der Waals surface area (Å²) in [5.41, 5.74) is 3.08. The molecule has 8 heteroatoms. The number of fused-ring (bicyclic) bond motifs is 3. The summed E-state index contributed by atoms with van der Waals surface area (Å²) < 4.78 is 0.916. The number of halogens is 1. The summed E-state index contributed by atoms with van der Waals surface area (Å²) in [4.78, 5) is 26.9. The first-order valence-electron chi connectivity index (χ1n) is 10.4. The van der Waals surface area contributed by atoms with Gasteiger partial charge in [-0.05, 0) is 42.7 Å². The van der Waals surface area contributed by atoms with E-state index in [0.717, 1.165) is 27.7 Å². The quantitative estimate of drug-likeness (QED) is 0.517. The van der Waals surface area contributed by atoms with Gasteiger partial charge < -0.3 is 25.7 Å². The maximum Gasteiger partial charge on any atom is 0.254 e. The number of carbonyl (C=O) groups is 2. The monoisotopic (exact) mass is 487 g/mol. The van der Waals surface area contributed by atoms with Gasteiger partial charge in [-0.1, -0.05) is 46.3 Å². The fraction of sp³-hybridized carbons (Fsp3) is 0.391. The normalized spacial score (nSPS) is 22.5. The van der Waals surface area contributed by atoms with Crippen LogP contribution in [0.1, 0.15) is 36.4 Å². The van der Waals surface area contributed by atoms with Gasteiger partial charge in [0.1, 0.15) is 0 Å². The Bertz CT molecular complexity index is 968. The summed E-state index contributed by atoms with van der Waals surface area (Å²) in [6, 6.07) is 15.3. The van der Waals surface area contributed by atoms with Crippen LogP contribution in [-0.4, -0.2) is 58.3 Å². The third-order valence-electron chi connectivity index (χ3n) is 6.18. The van der Waals surface area contributed by atoms with Crippen LogP contribution in [0.25, 0.3) is 0 Å². The number of piperidine rings is 1. The molecule has 2 amide bonds. The number of para-hydroxylation sites is 1. The van der Waals surface area contributed by atoms with E-state index in [0.29, 0.717) is 13.1 Å². The average molecular weight is 488 g/mol. The Hall–Kier alpha value is -2.42. The smallest absolute Gasteiger partial charge is 0.254 e. The largest absolute Gasteiger partial charge is 0.381 e. The lowest BCUT2D eigenvalue weighted by atomic mass is 9.89. The molecule has 1 saturated heterocycles. The molecular weight excluding hydrogens is 462 g/mol. The zero-order valence-corrected chi connectivity index (χ0v) is 18.7. The molecule has 2 aromatic carbocycles. The Morgan fingerprint density at radius 1 is 1.13 bits per heavy atom. The van der Waals surface area contributed by atoms with E-state index in [1.54, 1.807) is 11.8 Å². The van der Waals surface area contributed by atoms with E-state index in [9.17, 15) is 19.8 Å². The number of nitrogens with one attached hydrogen (secondary N) is 2. The highest BCUT2D eigenvalue weighted by molar-refractivity contribution is 9.10. The zero-order chi connectivity index (χ0) is 22.1. The third-order valence-corrected chi connectivity index (χ3v) is 6.70. The van der Waals surface area contributed by atoms with Crippen molar-refractivity contribution >= 4 is 33.4 Å². The SMILES string of the molecule is CC(NC(=O)C(O)C(O)C(=O)N1CCC2Nc3ccccc3C2C1)c1ccc(Br)cc1. The Labute approximate surface area is 189 Å². The van der Waals surface area contributed by atoms with Crippen molar-refractivity contribution in [2.24, 2.45) is 0 Å². The van der Waals surface area contributed by atoms with Crippen LogP contribution in [0.5, 0.6) is 0 Å². The third kappa shape index (κ3) is 4.46. The average Bonchev–Trinajstić information content (AvgIpc) is 3.15. The number of aliphatic hydroxyl groups excluding tert-OH is 2. The topological polar surface area (TPSA) is 102 Å². The van der Waals surface area contributed by atoms with E-state index in [1.165, 1.54) is 0 Å². The van der Waals surface area contributed by atoms with E-state index in [4.69, 9.17) is 0 Å². The molecule has 0 radical (unpaired) electrons. The zero-order valence-electron chi connectivity index (χ0n) is 17.2. The molecule has 164 valence electrons. The van der Waals surface area contributed by atoms with E-state index >= 15 is 0 Å². The lowest BCUT2D eigenvalue weighted by Gasteiger charge is -2.36. The van der Waals surface area contributed by atoms with Gasteiger partial charge in [0.15, 0.2) is 12.2 Å². The minimum Gasteiger partial charge on any atom is -0.381 e. The number of carbonyl (C=O) groups excluding carboxylic acids is 2. The Kier molecular flexibility index (Phi) is 6.31. The Balaban J connectivity index is 1.37. The first-order chi connectivity index (χ1) is 14.8. The maximum atomic E-state index is 12.8. The van der Waals surface area contributed by atoms with Gasteiger partial charge in [0.25, 0.3) is 11.8 Å². The Morgan fingerprint density at radius 3 is 2.58 bits per heavy atom. The van der Waals surface area contributed by atoms with Crippen molar-refractivity contribution in [2.45, 2.75) is 43.6 Å². The lowest BCUT2D eigenvalue weighted by Crippen LogP contribution is -2.54. The molecule has 4 rings (SSSR count). The van der Waals surface area contributed by atoms with Crippen LogP contribution in [-0.2, 0) is 9.59 Å². The van der Waals surface area contributed by atoms with Gasteiger partial charge >= 0.3 is 0 Å². The van der Waals surface area contributed by atoms with Crippen LogP contribution in [0.3, 0.4) is 0 Å². The van der Waals surface area contributed by atoms with Crippen LogP contribution >= 0.6 is 15.9 Å². The molecule has 1 fully saturated rings. The van der Waals surface area contributed by atoms with E-state index in [2.05, 4.69) is 26.6 Å². The standard InChI is InChI=1S/C23H26BrN3O4/c1-13(14-6-8-15(24)9-7-14)25-22(30)20(28)21(29)23(31)27-11-10-19-17(12-27)16-4-2-3-5-18(16)26-19/h2-9,13,17,19-21,26,28-29H,10-12H2,1H3,(H,25,30). The summed E-state index contributed by atoms with van der Waals surface area (Å²) in [5.74, 6) is -1.27. The van der Waals surface area contributed by atoms with E-state index < -0.39 is 24.0 Å². The number of hydrogen-bond donors (Lipinski definition) is 4. The number of rotatable bonds is 5. The van der Waals surface area contributed by atoms with Crippen LogP contribution in [0.4, 0.5) is 5.69 Å². The molecule has 5 unspecified atom stereocenters. The minimum atomic E-state index is -1.84. The summed E-state index contributed by atoms with van der Waals surface area (Å²) >= 11 is 3.36. The first-order valence-corrected chi connectivity index (χ1v) is 11.2. The molecule has 2 aromatic rings. The van der Waals surface area contributed by atoms with Crippen molar-refractivity contribution in [3.05, 3.63) is 64.1 Å². The number of hydrogen-bond acceptors (Lipinski definition) is 5. The van der Waals surface area contributed by atoms with Crippen LogP contribution < -0.4 is 10.6 Å². The molecule has 0 bridgehead atoms. The number of likely N-dealkylation sites (tertiary alicyclic amines) is 1. The van der Waals surface area contributed by atoms with Crippen molar-refractivity contribution in [1.82, 2.24) is 10.2 Å². The highest BCUT2D eigenvalue weighted by Gasteiger charge is 2.41. The molecule has 5 atom stereocenters. The molecule has 7 nitrogen and oxygen atoms in total. The van der Waals surface area contributed by atoms with Crippen LogP contribution in [0.2, 0.25) is 0 Å². The first kappa shape index (κ1) is 21.8. The second-order valence-corrected chi connectivity index (χ2v) is 9.10. The van der Waals surface area contributed by atoms with Crippen molar-refractivity contribution in [3.63, 3.8) is 0 Å². The Morgan fingerprint density at radius 2 is 1.84 bits per heavy atom. The summed E-state index contributed by atoms with van der Waals surface area (Å²) in [5, 5.41) is 26.9. The van der Waals surface area contributed by atoms with Crippen molar-refractivity contribution < 1.29 is 19.8 Å². The van der Waals surface area contributed by atoms with Crippen molar-refractivity contribution in [3.8, 4) is 0 Å². The molecule has 2 heterocycles. The second-order valence-electron chi connectivity index (χ2n) is 8.19. The van der Waals surface area contributed by atoms with Gasteiger partial charge in [-0.25, -0.2) is 0 Å². The highest BCUT2D eigenvalue weighted by atomic mass is 79.9.